The Balaban J connectivity index is 2.51. The molecule has 4 heteroatoms. The molecule has 1 saturated carbocycles. The van der Waals surface area contributed by atoms with Crippen LogP contribution in [0, 0.1) is 5.82 Å². The molecule has 0 amide bonds. The Morgan fingerprint density at radius 3 is 2.56 bits per heavy atom. The number of halogens is 2. The van der Waals surface area contributed by atoms with E-state index in [1.165, 1.54) is 13.5 Å². The average molecular weight is 316 g/mol. The van der Waals surface area contributed by atoms with Crippen LogP contribution in [-0.4, -0.2) is 13.7 Å². The van der Waals surface area contributed by atoms with E-state index in [-0.39, 0.29) is 11.2 Å². The number of methoxy groups -OCH3 is 1. The third-order valence-corrected chi connectivity index (χ3v) is 4.64. The van der Waals surface area contributed by atoms with Gasteiger partial charge in [-0.05, 0) is 34.8 Å². The molecule has 2 rings (SSSR count). The fraction of sp³-hybridized carbons (Fsp3) is 0.571. The van der Waals surface area contributed by atoms with Crippen molar-refractivity contribution < 1.29 is 9.13 Å². The third kappa shape index (κ3) is 2.28. The van der Waals surface area contributed by atoms with Gasteiger partial charge >= 0.3 is 0 Å². The molecule has 0 bridgehead atoms. The van der Waals surface area contributed by atoms with Gasteiger partial charge in [-0.2, -0.15) is 0 Å². The lowest BCUT2D eigenvalue weighted by Crippen LogP contribution is -2.37. The smallest absolute Gasteiger partial charge is 0.179 e. The number of rotatable bonds is 3. The summed E-state index contributed by atoms with van der Waals surface area (Å²) < 4.78 is 19.8. The monoisotopic (exact) mass is 315 g/mol. The second kappa shape index (κ2) is 5.57. The Kier molecular flexibility index (Phi) is 4.28. The summed E-state index contributed by atoms with van der Waals surface area (Å²) in [5.74, 6) is 0.0186. The maximum absolute atomic E-state index is 14.1. The summed E-state index contributed by atoms with van der Waals surface area (Å²) in [5, 5.41) is 0. The predicted molar refractivity (Wildman–Crippen MR) is 74.5 cm³/mol. The van der Waals surface area contributed by atoms with Gasteiger partial charge in [0.25, 0.3) is 0 Å². The van der Waals surface area contributed by atoms with E-state index in [1.807, 2.05) is 6.07 Å². The molecule has 0 heterocycles. The predicted octanol–water partition coefficient (Wildman–Crippen LogP) is 3.76. The van der Waals surface area contributed by atoms with Crippen molar-refractivity contribution in [2.24, 2.45) is 5.73 Å². The third-order valence-electron chi connectivity index (χ3n) is 4.03. The number of nitrogens with two attached hydrogens (primary N) is 1. The van der Waals surface area contributed by atoms with Crippen molar-refractivity contribution in [1.29, 1.82) is 0 Å². The minimum atomic E-state index is -0.326. The van der Waals surface area contributed by atoms with Crippen LogP contribution in [0.1, 0.15) is 37.7 Å². The van der Waals surface area contributed by atoms with Crippen molar-refractivity contribution in [3.05, 3.63) is 28.0 Å². The summed E-state index contributed by atoms with van der Waals surface area (Å²) >= 11 is 3.20. The van der Waals surface area contributed by atoms with Crippen LogP contribution in [0.4, 0.5) is 4.39 Å². The molecular formula is C14H19BrFNO. The molecular weight excluding hydrogens is 297 g/mol. The molecule has 0 aromatic heterocycles. The summed E-state index contributed by atoms with van der Waals surface area (Å²) in [6.45, 7) is 0.546. The number of hydrogen-bond donors (Lipinski definition) is 1. The van der Waals surface area contributed by atoms with Gasteiger partial charge < -0.3 is 10.5 Å². The Labute approximate surface area is 116 Å². The highest BCUT2D eigenvalue weighted by Gasteiger charge is 2.36. The van der Waals surface area contributed by atoms with Crippen LogP contribution in [0.15, 0.2) is 16.6 Å². The van der Waals surface area contributed by atoms with Gasteiger partial charge in [0.2, 0.25) is 0 Å². The van der Waals surface area contributed by atoms with Gasteiger partial charge in [-0.15, -0.1) is 0 Å². The van der Waals surface area contributed by atoms with Crippen LogP contribution in [0.2, 0.25) is 0 Å². The molecule has 0 spiro atoms. The fourth-order valence-corrected chi connectivity index (χ4v) is 3.27. The van der Waals surface area contributed by atoms with Crippen molar-refractivity contribution in [2.45, 2.75) is 37.5 Å². The van der Waals surface area contributed by atoms with E-state index in [0.717, 1.165) is 31.2 Å². The normalized spacial score (nSPS) is 18.7. The quantitative estimate of drug-likeness (QED) is 0.921. The zero-order valence-corrected chi connectivity index (χ0v) is 12.2. The summed E-state index contributed by atoms with van der Waals surface area (Å²) in [4.78, 5) is 0. The zero-order chi connectivity index (χ0) is 13.2. The van der Waals surface area contributed by atoms with Crippen molar-refractivity contribution in [3.8, 4) is 5.75 Å². The molecule has 1 aromatic carbocycles. The van der Waals surface area contributed by atoms with Gasteiger partial charge in [0, 0.05) is 17.5 Å². The molecule has 0 unspecified atom stereocenters. The lowest BCUT2D eigenvalue weighted by molar-refractivity contribution is 0.283. The Morgan fingerprint density at radius 2 is 2.00 bits per heavy atom. The molecule has 1 aliphatic rings. The average Bonchev–Trinajstić information content (AvgIpc) is 2.42. The van der Waals surface area contributed by atoms with Crippen molar-refractivity contribution in [2.75, 3.05) is 13.7 Å². The summed E-state index contributed by atoms with van der Waals surface area (Å²) in [7, 11) is 1.52. The summed E-state index contributed by atoms with van der Waals surface area (Å²) in [5.41, 5.74) is 6.80. The SMILES string of the molecule is COc1c(C2(CN)CCCCC2)ccc(Br)c1F. The van der Waals surface area contributed by atoms with Gasteiger partial charge in [0.05, 0.1) is 11.6 Å². The van der Waals surface area contributed by atoms with Gasteiger partial charge in [0.1, 0.15) is 0 Å². The van der Waals surface area contributed by atoms with Crippen LogP contribution < -0.4 is 10.5 Å². The maximum Gasteiger partial charge on any atom is 0.179 e. The van der Waals surface area contributed by atoms with Gasteiger partial charge in [-0.3, -0.25) is 0 Å². The molecule has 1 aromatic rings. The fourth-order valence-electron chi connectivity index (χ4n) is 2.96. The van der Waals surface area contributed by atoms with Gasteiger partial charge in [-0.25, -0.2) is 4.39 Å². The second-order valence-corrected chi connectivity index (χ2v) is 5.84. The number of benzene rings is 1. The van der Waals surface area contributed by atoms with Crippen LogP contribution in [0.5, 0.6) is 5.75 Å². The highest BCUT2D eigenvalue weighted by atomic mass is 79.9. The van der Waals surface area contributed by atoms with E-state index >= 15 is 0 Å². The second-order valence-electron chi connectivity index (χ2n) is 4.99. The summed E-state index contributed by atoms with van der Waals surface area (Å²) in [6, 6.07) is 3.70. The van der Waals surface area contributed by atoms with E-state index in [9.17, 15) is 4.39 Å². The van der Waals surface area contributed by atoms with Crippen LogP contribution in [-0.2, 0) is 5.41 Å². The molecule has 2 N–H and O–H groups in total. The Morgan fingerprint density at radius 1 is 1.33 bits per heavy atom. The molecule has 1 fully saturated rings. The minimum Gasteiger partial charge on any atom is -0.493 e. The van der Waals surface area contributed by atoms with Crippen LogP contribution in [0.25, 0.3) is 0 Å². The van der Waals surface area contributed by atoms with Crippen LogP contribution >= 0.6 is 15.9 Å². The highest BCUT2D eigenvalue weighted by molar-refractivity contribution is 9.10. The lowest BCUT2D eigenvalue weighted by atomic mass is 9.69. The first-order chi connectivity index (χ1) is 8.64. The summed E-state index contributed by atoms with van der Waals surface area (Å²) in [6.07, 6.45) is 5.57. The van der Waals surface area contributed by atoms with Gasteiger partial charge in [-0.1, -0.05) is 25.3 Å². The molecule has 2 nitrogen and oxygen atoms in total. The largest absolute Gasteiger partial charge is 0.493 e. The molecule has 0 aliphatic heterocycles. The lowest BCUT2D eigenvalue weighted by Gasteiger charge is -2.37. The number of hydrogen-bond acceptors (Lipinski definition) is 2. The molecule has 0 atom stereocenters. The first-order valence-corrected chi connectivity index (χ1v) is 7.16. The molecule has 18 heavy (non-hydrogen) atoms. The Hall–Kier alpha value is -0.610. The number of ether oxygens (including phenoxy) is 1. The van der Waals surface area contributed by atoms with E-state index in [1.54, 1.807) is 6.07 Å². The Bertz CT molecular complexity index is 430. The van der Waals surface area contributed by atoms with Crippen molar-refractivity contribution in [3.63, 3.8) is 0 Å². The molecule has 0 radical (unpaired) electrons. The van der Waals surface area contributed by atoms with E-state index in [0.29, 0.717) is 16.8 Å². The van der Waals surface area contributed by atoms with Crippen molar-refractivity contribution >= 4 is 15.9 Å². The van der Waals surface area contributed by atoms with E-state index in [4.69, 9.17) is 10.5 Å². The standard InChI is InChI=1S/C14H19BrFNO/c1-18-13-10(5-6-11(15)12(13)16)14(9-17)7-3-2-4-8-14/h5-6H,2-4,7-9,17H2,1H3. The van der Waals surface area contributed by atoms with Crippen molar-refractivity contribution in [1.82, 2.24) is 0 Å². The molecule has 100 valence electrons. The zero-order valence-electron chi connectivity index (χ0n) is 10.6. The van der Waals surface area contributed by atoms with E-state index < -0.39 is 0 Å². The van der Waals surface area contributed by atoms with E-state index in [2.05, 4.69) is 15.9 Å². The topological polar surface area (TPSA) is 35.2 Å². The first kappa shape index (κ1) is 13.8. The van der Waals surface area contributed by atoms with Gasteiger partial charge in [0.15, 0.2) is 11.6 Å². The molecule has 0 saturated heterocycles. The minimum absolute atomic E-state index is 0.120. The highest BCUT2D eigenvalue weighted by Crippen LogP contribution is 2.44. The molecule has 1 aliphatic carbocycles. The first-order valence-electron chi connectivity index (χ1n) is 6.37. The maximum atomic E-state index is 14.1. The van der Waals surface area contributed by atoms with Crippen LogP contribution in [0.3, 0.4) is 0 Å².